The van der Waals surface area contributed by atoms with E-state index in [0.29, 0.717) is 23.3 Å². The van der Waals surface area contributed by atoms with E-state index in [2.05, 4.69) is 19.2 Å². The van der Waals surface area contributed by atoms with Crippen molar-refractivity contribution in [1.82, 2.24) is 5.32 Å². The van der Waals surface area contributed by atoms with Crippen molar-refractivity contribution in [3.63, 3.8) is 0 Å². The topological polar surface area (TPSA) is 46.2 Å². The second kappa shape index (κ2) is 5.12. The predicted molar refractivity (Wildman–Crippen MR) is 59.1 cm³/mol. The summed E-state index contributed by atoms with van der Waals surface area (Å²) in [6, 6.07) is 0. The Hall–Kier alpha value is -0.0900. The SMILES string of the molecule is CC(C)CNCC1CCS(=O)(=O)CC1. The van der Waals surface area contributed by atoms with Crippen LogP contribution in [-0.4, -0.2) is 33.0 Å². The normalized spacial score (nSPS) is 22.8. The van der Waals surface area contributed by atoms with Crippen molar-refractivity contribution in [3.8, 4) is 0 Å². The van der Waals surface area contributed by atoms with Crippen LogP contribution in [0.2, 0.25) is 0 Å². The molecule has 1 heterocycles. The molecule has 0 saturated carbocycles. The van der Waals surface area contributed by atoms with Gasteiger partial charge in [0.15, 0.2) is 0 Å². The fourth-order valence-electron chi connectivity index (χ4n) is 1.72. The Morgan fingerprint density at radius 1 is 1.29 bits per heavy atom. The first-order valence-corrected chi connectivity index (χ1v) is 7.23. The van der Waals surface area contributed by atoms with Crippen molar-refractivity contribution in [2.75, 3.05) is 24.6 Å². The Balaban J connectivity index is 2.16. The highest BCUT2D eigenvalue weighted by atomic mass is 32.2. The summed E-state index contributed by atoms with van der Waals surface area (Å²) in [5.41, 5.74) is 0. The molecule has 0 bridgehead atoms. The highest BCUT2D eigenvalue weighted by molar-refractivity contribution is 7.91. The van der Waals surface area contributed by atoms with Crippen LogP contribution in [0.1, 0.15) is 26.7 Å². The van der Waals surface area contributed by atoms with Crippen LogP contribution >= 0.6 is 0 Å². The molecule has 3 nitrogen and oxygen atoms in total. The zero-order valence-corrected chi connectivity index (χ0v) is 9.94. The van der Waals surface area contributed by atoms with Gasteiger partial charge in [0.05, 0.1) is 11.5 Å². The van der Waals surface area contributed by atoms with Gasteiger partial charge in [0.25, 0.3) is 0 Å². The molecule has 0 radical (unpaired) electrons. The Morgan fingerprint density at radius 2 is 1.86 bits per heavy atom. The van der Waals surface area contributed by atoms with Crippen LogP contribution in [0.4, 0.5) is 0 Å². The maximum atomic E-state index is 11.2. The van der Waals surface area contributed by atoms with Gasteiger partial charge in [0, 0.05) is 0 Å². The molecule has 0 atom stereocenters. The molecule has 84 valence electrons. The average molecular weight is 219 g/mol. The molecular weight excluding hydrogens is 198 g/mol. The van der Waals surface area contributed by atoms with E-state index in [9.17, 15) is 8.42 Å². The van der Waals surface area contributed by atoms with Crippen molar-refractivity contribution >= 4 is 9.84 Å². The second-order valence-corrected chi connectivity index (χ2v) is 6.95. The monoisotopic (exact) mass is 219 g/mol. The van der Waals surface area contributed by atoms with E-state index in [-0.39, 0.29) is 0 Å². The van der Waals surface area contributed by atoms with Gasteiger partial charge in [-0.25, -0.2) is 8.42 Å². The van der Waals surface area contributed by atoms with Crippen LogP contribution in [-0.2, 0) is 9.84 Å². The van der Waals surface area contributed by atoms with Gasteiger partial charge in [-0.1, -0.05) is 13.8 Å². The molecule has 0 aromatic carbocycles. The Kier molecular flexibility index (Phi) is 4.38. The van der Waals surface area contributed by atoms with Gasteiger partial charge in [0.1, 0.15) is 9.84 Å². The summed E-state index contributed by atoms with van der Waals surface area (Å²) < 4.78 is 22.3. The van der Waals surface area contributed by atoms with E-state index >= 15 is 0 Å². The molecule has 1 saturated heterocycles. The second-order valence-electron chi connectivity index (χ2n) is 4.65. The van der Waals surface area contributed by atoms with Crippen LogP contribution in [0.15, 0.2) is 0 Å². The molecule has 0 unspecified atom stereocenters. The maximum Gasteiger partial charge on any atom is 0.150 e. The summed E-state index contributed by atoms with van der Waals surface area (Å²) in [6.45, 7) is 6.37. The summed E-state index contributed by atoms with van der Waals surface area (Å²) in [4.78, 5) is 0. The van der Waals surface area contributed by atoms with Crippen molar-refractivity contribution in [2.24, 2.45) is 11.8 Å². The van der Waals surface area contributed by atoms with Crippen LogP contribution in [0, 0.1) is 11.8 Å². The molecule has 0 aliphatic carbocycles. The van der Waals surface area contributed by atoms with E-state index in [0.717, 1.165) is 25.9 Å². The lowest BCUT2D eigenvalue weighted by atomic mass is 10.0. The third kappa shape index (κ3) is 4.42. The van der Waals surface area contributed by atoms with E-state index in [1.165, 1.54) is 0 Å². The van der Waals surface area contributed by atoms with Crippen LogP contribution in [0.25, 0.3) is 0 Å². The number of hydrogen-bond donors (Lipinski definition) is 1. The van der Waals surface area contributed by atoms with Gasteiger partial charge in [-0.3, -0.25) is 0 Å². The van der Waals surface area contributed by atoms with Crippen molar-refractivity contribution < 1.29 is 8.42 Å². The average Bonchev–Trinajstić information content (AvgIpc) is 2.07. The van der Waals surface area contributed by atoms with Gasteiger partial charge in [-0.15, -0.1) is 0 Å². The minimum atomic E-state index is -2.68. The van der Waals surface area contributed by atoms with E-state index in [1.807, 2.05) is 0 Å². The maximum absolute atomic E-state index is 11.2. The van der Waals surface area contributed by atoms with Crippen LogP contribution in [0.3, 0.4) is 0 Å². The summed E-state index contributed by atoms with van der Waals surface area (Å²) in [6.07, 6.45) is 1.68. The van der Waals surface area contributed by atoms with Crippen molar-refractivity contribution in [3.05, 3.63) is 0 Å². The molecule has 0 aromatic heterocycles. The van der Waals surface area contributed by atoms with Gasteiger partial charge >= 0.3 is 0 Å². The highest BCUT2D eigenvalue weighted by Gasteiger charge is 2.22. The number of rotatable bonds is 4. The zero-order valence-electron chi connectivity index (χ0n) is 9.12. The van der Waals surface area contributed by atoms with Gasteiger partial charge in [0.2, 0.25) is 0 Å². The largest absolute Gasteiger partial charge is 0.316 e. The number of sulfone groups is 1. The molecule has 4 heteroatoms. The summed E-state index contributed by atoms with van der Waals surface area (Å²) in [5, 5.41) is 3.39. The first-order valence-electron chi connectivity index (χ1n) is 5.41. The molecule has 0 amide bonds. The van der Waals surface area contributed by atoms with Gasteiger partial charge in [-0.05, 0) is 37.8 Å². The molecule has 1 N–H and O–H groups in total. The molecule has 1 rings (SSSR count). The molecule has 0 spiro atoms. The van der Waals surface area contributed by atoms with E-state index in [1.54, 1.807) is 0 Å². The summed E-state index contributed by atoms with van der Waals surface area (Å²) >= 11 is 0. The first kappa shape index (κ1) is 12.0. The molecule has 0 aromatic rings. The Labute approximate surface area is 87.2 Å². The summed E-state index contributed by atoms with van der Waals surface area (Å²) in [7, 11) is -2.68. The molecular formula is C10H21NO2S. The van der Waals surface area contributed by atoms with E-state index in [4.69, 9.17) is 0 Å². The number of nitrogens with one attached hydrogen (secondary N) is 1. The Bertz CT molecular complexity index is 245. The zero-order chi connectivity index (χ0) is 10.6. The lowest BCUT2D eigenvalue weighted by Gasteiger charge is -2.22. The van der Waals surface area contributed by atoms with E-state index < -0.39 is 9.84 Å². The van der Waals surface area contributed by atoms with Gasteiger partial charge in [-0.2, -0.15) is 0 Å². The quantitative estimate of drug-likeness (QED) is 0.769. The molecule has 1 aliphatic rings. The fourth-order valence-corrected chi connectivity index (χ4v) is 3.31. The van der Waals surface area contributed by atoms with Gasteiger partial charge < -0.3 is 5.32 Å². The fraction of sp³-hybridized carbons (Fsp3) is 1.00. The minimum absolute atomic E-state index is 0.390. The molecule has 14 heavy (non-hydrogen) atoms. The standard InChI is InChI=1S/C10H21NO2S/c1-9(2)7-11-8-10-3-5-14(12,13)6-4-10/h9-11H,3-8H2,1-2H3. The number of hydrogen-bond acceptors (Lipinski definition) is 3. The highest BCUT2D eigenvalue weighted by Crippen LogP contribution is 2.17. The first-order chi connectivity index (χ1) is 6.49. The van der Waals surface area contributed by atoms with Crippen LogP contribution < -0.4 is 5.32 Å². The summed E-state index contributed by atoms with van der Waals surface area (Å²) in [5.74, 6) is 2.02. The molecule has 1 fully saturated rings. The third-order valence-electron chi connectivity index (χ3n) is 2.66. The molecule has 1 aliphatic heterocycles. The Morgan fingerprint density at radius 3 is 2.36 bits per heavy atom. The minimum Gasteiger partial charge on any atom is -0.316 e. The van der Waals surface area contributed by atoms with Crippen LogP contribution in [0.5, 0.6) is 0 Å². The predicted octanol–water partition coefficient (Wildman–Crippen LogP) is 1.06. The van der Waals surface area contributed by atoms with Crippen molar-refractivity contribution in [2.45, 2.75) is 26.7 Å². The van der Waals surface area contributed by atoms with Crippen molar-refractivity contribution in [1.29, 1.82) is 0 Å². The smallest absolute Gasteiger partial charge is 0.150 e. The third-order valence-corrected chi connectivity index (χ3v) is 4.38. The lowest BCUT2D eigenvalue weighted by molar-refractivity contribution is 0.417. The lowest BCUT2D eigenvalue weighted by Crippen LogP contribution is -2.32.